The first-order valence-corrected chi connectivity index (χ1v) is 11.7. The van der Waals surface area contributed by atoms with E-state index in [1.807, 2.05) is 17.0 Å². The number of unbranched alkanes of at least 4 members (excludes halogenated alkanes) is 2. The Bertz CT molecular complexity index is 764. The highest BCUT2D eigenvalue weighted by Crippen LogP contribution is 2.48. The Morgan fingerprint density at radius 3 is 2.33 bits per heavy atom. The van der Waals surface area contributed by atoms with Gasteiger partial charge >= 0.3 is 0 Å². The normalized spacial score (nSPS) is 15.4. The van der Waals surface area contributed by atoms with E-state index in [9.17, 15) is 9.59 Å². The molecular weight excluding hydrogens is 374 g/mol. The van der Waals surface area contributed by atoms with Gasteiger partial charge in [0.2, 0.25) is 5.91 Å². The van der Waals surface area contributed by atoms with Gasteiger partial charge in [0.15, 0.2) is 5.78 Å². The van der Waals surface area contributed by atoms with Crippen LogP contribution in [-0.2, 0) is 15.0 Å². The highest BCUT2D eigenvalue weighted by molar-refractivity contribution is 6.39. The Balaban J connectivity index is 2.31. The summed E-state index contributed by atoms with van der Waals surface area (Å²) in [5.41, 5.74) is 6.10. The molecule has 0 saturated heterocycles. The first-order valence-electron chi connectivity index (χ1n) is 11.7. The molecule has 2 rings (SSSR count). The predicted octanol–water partition coefficient (Wildman–Crippen LogP) is 6.22. The Kier molecular flexibility index (Phi) is 9.07. The third-order valence-corrected chi connectivity index (χ3v) is 6.02. The van der Waals surface area contributed by atoms with E-state index < -0.39 is 5.41 Å². The number of rotatable bonds is 13. The van der Waals surface area contributed by atoms with E-state index in [4.69, 9.17) is 0 Å². The zero-order chi connectivity index (χ0) is 22.1. The molecule has 0 saturated carbocycles. The van der Waals surface area contributed by atoms with Gasteiger partial charge in [-0.3, -0.25) is 15.0 Å². The number of hydrogen-bond donors (Lipinski definition) is 1. The van der Waals surface area contributed by atoms with Crippen molar-refractivity contribution in [1.82, 2.24) is 0 Å². The molecular formula is C25H39N3O2. The van der Waals surface area contributed by atoms with Gasteiger partial charge < -0.3 is 4.90 Å². The maximum Gasteiger partial charge on any atom is 0.237 e. The van der Waals surface area contributed by atoms with E-state index in [2.05, 4.69) is 44.3 Å². The van der Waals surface area contributed by atoms with Crippen molar-refractivity contribution in [1.29, 1.82) is 0 Å². The molecule has 0 aromatic heterocycles. The summed E-state index contributed by atoms with van der Waals surface area (Å²) in [5.74, 6) is 0.332. The number of benzene rings is 1. The molecule has 0 atom stereocenters. The quantitative estimate of drug-likeness (QED) is 0.237. The van der Waals surface area contributed by atoms with Crippen LogP contribution >= 0.6 is 0 Å². The second-order valence-electron chi connectivity index (χ2n) is 8.46. The molecule has 5 heteroatoms. The molecule has 1 aliphatic rings. The van der Waals surface area contributed by atoms with Crippen molar-refractivity contribution in [3.05, 3.63) is 23.8 Å². The van der Waals surface area contributed by atoms with Crippen molar-refractivity contribution >= 4 is 28.8 Å². The molecule has 1 N–H and O–H groups in total. The third-order valence-electron chi connectivity index (χ3n) is 6.02. The van der Waals surface area contributed by atoms with Crippen LogP contribution in [0, 0.1) is 0 Å². The number of anilines is 2. The lowest BCUT2D eigenvalue weighted by Crippen LogP contribution is -2.40. The first-order chi connectivity index (χ1) is 14.4. The number of nitrogens with zero attached hydrogens (tertiary/aromatic N) is 2. The highest BCUT2D eigenvalue weighted by atomic mass is 16.2. The maximum atomic E-state index is 13.5. The van der Waals surface area contributed by atoms with Gasteiger partial charge in [-0.05, 0) is 56.4 Å². The van der Waals surface area contributed by atoms with Crippen LogP contribution in [0.1, 0.15) is 98.0 Å². The summed E-state index contributed by atoms with van der Waals surface area (Å²) < 4.78 is 0. The van der Waals surface area contributed by atoms with Gasteiger partial charge in [0.05, 0.1) is 11.1 Å². The Hall–Kier alpha value is -2.17. The minimum Gasteiger partial charge on any atom is -0.311 e. The van der Waals surface area contributed by atoms with Crippen LogP contribution in [0.25, 0.3) is 0 Å². The molecule has 0 fully saturated rings. The molecule has 0 aliphatic carbocycles. The van der Waals surface area contributed by atoms with Gasteiger partial charge in [-0.25, -0.2) is 0 Å². The largest absolute Gasteiger partial charge is 0.311 e. The lowest BCUT2D eigenvalue weighted by molar-refractivity contribution is -0.123. The van der Waals surface area contributed by atoms with Crippen molar-refractivity contribution in [2.45, 2.75) is 97.8 Å². The van der Waals surface area contributed by atoms with Crippen LogP contribution in [-0.4, -0.2) is 23.9 Å². The molecule has 166 valence electrons. The minimum absolute atomic E-state index is 0.0905. The predicted molar refractivity (Wildman–Crippen MR) is 126 cm³/mol. The second kappa shape index (κ2) is 11.3. The number of ketones is 1. The van der Waals surface area contributed by atoms with Crippen molar-refractivity contribution in [2.75, 3.05) is 16.9 Å². The van der Waals surface area contributed by atoms with E-state index in [1.54, 1.807) is 6.92 Å². The summed E-state index contributed by atoms with van der Waals surface area (Å²) >= 11 is 0. The monoisotopic (exact) mass is 413 g/mol. The van der Waals surface area contributed by atoms with Crippen LogP contribution in [0.3, 0.4) is 0 Å². The van der Waals surface area contributed by atoms with Crippen molar-refractivity contribution in [2.24, 2.45) is 5.10 Å². The fourth-order valence-corrected chi connectivity index (χ4v) is 4.54. The summed E-state index contributed by atoms with van der Waals surface area (Å²) in [6.07, 6.45) is 8.20. The zero-order valence-electron chi connectivity index (χ0n) is 19.5. The Morgan fingerprint density at radius 2 is 1.73 bits per heavy atom. The molecule has 30 heavy (non-hydrogen) atoms. The SMILES string of the molecule is CCCCCC(=O)/C(C)=N/Nc1ccc2c(c1)C(CCC)(CCC)C(=O)N2CCC. The lowest BCUT2D eigenvalue weighted by Gasteiger charge is -2.28. The number of Topliss-reactive ketones (excluding diaryl/α,β-unsaturated/α-hetero) is 1. The van der Waals surface area contributed by atoms with Gasteiger partial charge in [-0.1, -0.05) is 53.4 Å². The summed E-state index contributed by atoms with van der Waals surface area (Å²) in [6, 6.07) is 6.07. The van der Waals surface area contributed by atoms with Crippen LogP contribution in [0.15, 0.2) is 23.3 Å². The van der Waals surface area contributed by atoms with Gasteiger partial charge in [0.1, 0.15) is 5.71 Å². The molecule has 1 amide bonds. The number of fused-ring (bicyclic) bond motifs is 1. The number of amides is 1. The summed E-state index contributed by atoms with van der Waals surface area (Å²) in [7, 11) is 0. The number of nitrogens with one attached hydrogen (secondary N) is 1. The maximum absolute atomic E-state index is 13.5. The van der Waals surface area contributed by atoms with Crippen molar-refractivity contribution < 1.29 is 9.59 Å². The van der Waals surface area contributed by atoms with E-state index in [0.29, 0.717) is 12.1 Å². The third kappa shape index (κ3) is 5.11. The molecule has 0 unspecified atom stereocenters. The van der Waals surface area contributed by atoms with E-state index in [0.717, 1.165) is 74.8 Å². The van der Waals surface area contributed by atoms with Gasteiger partial charge in [0.25, 0.3) is 0 Å². The number of carbonyl (C=O) groups excluding carboxylic acids is 2. The highest BCUT2D eigenvalue weighted by Gasteiger charge is 2.49. The lowest BCUT2D eigenvalue weighted by atomic mass is 9.74. The molecule has 1 aliphatic heterocycles. The molecule has 5 nitrogen and oxygen atoms in total. The van der Waals surface area contributed by atoms with E-state index in [-0.39, 0.29) is 11.7 Å². The zero-order valence-corrected chi connectivity index (χ0v) is 19.5. The standard InChI is InChI=1S/C25H39N3O2/c1-6-10-11-12-23(29)19(5)26-27-20-13-14-22-21(18-20)25(15-7-2,16-8-3)24(30)28(22)17-9-4/h13-14,18,27H,6-12,15-17H2,1-5H3/b26-19+. The molecule has 1 aromatic rings. The fraction of sp³-hybridized carbons (Fsp3) is 0.640. The summed E-state index contributed by atoms with van der Waals surface area (Å²) in [5, 5.41) is 4.33. The summed E-state index contributed by atoms with van der Waals surface area (Å²) in [6.45, 7) is 11.0. The van der Waals surface area contributed by atoms with Crippen molar-refractivity contribution in [3.8, 4) is 0 Å². The van der Waals surface area contributed by atoms with Gasteiger partial charge in [0, 0.05) is 18.7 Å². The topological polar surface area (TPSA) is 61.8 Å². The van der Waals surface area contributed by atoms with Crippen LogP contribution < -0.4 is 10.3 Å². The van der Waals surface area contributed by atoms with Crippen LogP contribution in [0.4, 0.5) is 11.4 Å². The Labute approximate surface area is 182 Å². The Morgan fingerprint density at radius 1 is 1.03 bits per heavy atom. The molecule has 0 spiro atoms. The molecule has 0 bridgehead atoms. The van der Waals surface area contributed by atoms with E-state index >= 15 is 0 Å². The molecule has 1 aromatic carbocycles. The van der Waals surface area contributed by atoms with Gasteiger partial charge in [-0.2, -0.15) is 5.10 Å². The number of carbonyl (C=O) groups is 2. The number of hydrogen-bond acceptors (Lipinski definition) is 4. The average Bonchev–Trinajstić information content (AvgIpc) is 2.95. The number of hydrazone groups is 1. The van der Waals surface area contributed by atoms with Gasteiger partial charge in [-0.15, -0.1) is 0 Å². The molecule has 1 heterocycles. The summed E-state index contributed by atoms with van der Waals surface area (Å²) in [4.78, 5) is 27.7. The molecule has 0 radical (unpaired) electrons. The van der Waals surface area contributed by atoms with Crippen molar-refractivity contribution in [3.63, 3.8) is 0 Å². The van der Waals surface area contributed by atoms with E-state index in [1.165, 1.54) is 0 Å². The van der Waals surface area contributed by atoms with Crippen LogP contribution in [0.5, 0.6) is 0 Å². The first kappa shape index (κ1) is 24.1. The van der Waals surface area contributed by atoms with Crippen LogP contribution in [0.2, 0.25) is 0 Å². The second-order valence-corrected chi connectivity index (χ2v) is 8.46. The minimum atomic E-state index is -0.444. The smallest absolute Gasteiger partial charge is 0.237 e. The fourth-order valence-electron chi connectivity index (χ4n) is 4.54. The average molecular weight is 414 g/mol.